The van der Waals surface area contributed by atoms with E-state index < -0.39 is 5.41 Å². The summed E-state index contributed by atoms with van der Waals surface area (Å²) in [5.41, 5.74) is 6.41. The first-order chi connectivity index (χ1) is 27.8. The van der Waals surface area contributed by atoms with E-state index in [2.05, 4.69) is 206 Å². The topological polar surface area (TPSA) is 9.23 Å². The third-order valence-corrected chi connectivity index (χ3v) is 12.3. The van der Waals surface area contributed by atoms with Crippen LogP contribution < -0.4 is 4.74 Å². The van der Waals surface area contributed by atoms with Crippen LogP contribution in [0.2, 0.25) is 0 Å². The molecule has 0 atom stereocenters. The van der Waals surface area contributed by atoms with E-state index in [0.29, 0.717) is 0 Å². The predicted molar refractivity (Wildman–Crippen MR) is 235 cm³/mol. The van der Waals surface area contributed by atoms with Crippen molar-refractivity contribution in [2.24, 2.45) is 0 Å². The Hall–Kier alpha value is -7.22. The van der Waals surface area contributed by atoms with Gasteiger partial charge in [-0.1, -0.05) is 200 Å². The Kier molecular flexibility index (Phi) is 6.62. The molecule has 0 spiro atoms. The number of fused-ring (bicyclic) bond motifs is 15. The largest absolute Gasteiger partial charge is 0.455 e. The first-order valence-electron chi connectivity index (χ1n) is 19.4. The van der Waals surface area contributed by atoms with Gasteiger partial charge in [-0.25, -0.2) is 0 Å². The molecule has 11 aromatic rings. The third-order valence-electron chi connectivity index (χ3n) is 12.3. The maximum absolute atomic E-state index is 7.48. The average molecular weight is 711 g/mol. The highest BCUT2D eigenvalue weighted by atomic mass is 16.5. The van der Waals surface area contributed by atoms with E-state index in [9.17, 15) is 0 Å². The van der Waals surface area contributed by atoms with Gasteiger partial charge in [0.25, 0.3) is 0 Å². The van der Waals surface area contributed by atoms with Crippen molar-refractivity contribution < 1.29 is 4.74 Å². The van der Waals surface area contributed by atoms with Crippen molar-refractivity contribution in [3.05, 3.63) is 229 Å². The lowest BCUT2D eigenvalue weighted by Gasteiger charge is -2.44. The van der Waals surface area contributed by atoms with Gasteiger partial charge < -0.3 is 4.74 Å². The molecule has 0 radical (unpaired) electrons. The fourth-order valence-electron chi connectivity index (χ4n) is 9.94. The Labute approximate surface area is 324 Å². The summed E-state index contributed by atoms with van der Waals surface area (Å²) >= 11 is 0. The Morgan fingerprint density at radius 2 is 0.679 bits per heavy atom. The fourth-order valence-corrected chi connectivity index (χ4v) is 9.94. The van der Waals surface area contributed by atoms with Gasteiger partial charge in [-0.05, 0) is 82.2 Å². The van der Waals surface area contributed by atoms with Gasteiger partial charge in [-0.15, -0.1) is 0 Å². The van der Waals surface area contributed by atoms with Gasteiger partial charge in [0, 0.05) is 21.9 Å². The molecule has 1 heterocycles. The smallest absolute Gasteiger partial charge is 0.140 e. The van der Waals surface area contributed by atoms with Crippen LogP contribution in [0, 0.1) is 0 Å². The minimum absolute atomic E-state index is 0.738. The number of benzene rings is 11. The van der Waals surface area contributed by atoms with Crippen molar-refractivity contribution in [3.8, 4) is 22.6 Å². The maximum atomic E-state index is 7.48. The normalized spacial score (nSPS) is 13.3. The molecule has 0 saturated heterocycles. The van der Waals surface area contributed by atoms with Crippen molar-refractivity contribution >= 4 is 64.6 Å². The molecule has 0 bridgehead atoms. The lowest BCUT2D eigenvalue weighted by Crippen LogP contribution is -2.35. The molecule has 0 unspecified atom stereocenters. The van der Waals surface area contributed by atoms with Gasteiger partial charge in [-0.2, -0.15) is 0 Å². The summed E-state index contributed by atoms with van der Waals surface area (Å²) in [5, 5.41) is 14.5. The summed E-state index contributed by atoms with van der Waals surface area (Å²) < 4.78 is 7.48. The summed E-state index contributed by atoms with van der Waals surface area (Å²) in [4.78, 5) is 0. The van der Waals surface area contributed by atoms with Gasteiger partial charge in [0.2, 0.25) is 0 Å². The molecule has 0 fully saturated rings. The van der Waals surface area contributed by atoms with E-state index in [1.165, 1.54) is 87.2 Å². The van der Waals surface area contributed by atoms with Crippen LogP contribution in [0.5, 0.6) is 11.5 Å². The summed E-state index contributed by atoms with van der Waals surface area (Å²) in [7, 11) is 0. The number of hydrogen-bond acceptors (Lipinski definition) is 1. The van der Waals surface area contributed by atoms with Gasteiger partial charge in [0.1, 0.15) is 11.5 Å². The van der Waals surface area contributed by atoms with Gasteiger partial charge >= 0.3 is 0 Å². The zero-order valence-corrected chi connectivity index (χ0v) is 30.5. The van der Waals surface area contributed by atoms with E-state index in [1.54, 1.807) is 0 Å². The Balaban J connectivity index is 1.22. The highest BCUT2D eigenvalue weighted by molar-refractivity contribution is 6.18. The lowest BCUT2D eigenvalue weighted by atomic mass is 9.61. The first kappa shape index (κ1) is 31.2. The Morgan fingerprint density at radius 1 is 0.268 bits per heavy atom. The molecule has 11 aromatic carbocycles. The molecular formula is C55H34O. The van der Waals surface area contributed by atoms with E-state index in [4.69, 9.17) is 4.74 Å². The average Bonchev–Trinajstić information content (AvgIpc) is 3.28. The van der Waals surface area contributed by atoms with Gasteiger partial charge in [0.15, 0.2) is 0 Å². The molecule has 1 heteroatoms. The third kappa shape index (κ3) is 4.26. The standard InChI is InChI=1S/C55H34O/c1-2-15-39(16-3-1)55(40-31-28-35(29-32-40)37-30-33-42-38(34-37)27-26-36-14-4-5-17-41(36)42)51-47-22-10-6-18-43(47)45-20-8-12-24-49(45)53(51)56-54-50-25-13-9-21-46(50)44-19-7-11-23-48(44)52(54)55/h1-34H. The lowest BCUT2D eigenvalue weighted by molar-refractivity contribution is 0.449. The second-order valence-corrected chi connectivity index (χ2v) is 15.1. The summed E-state index contributed by atoms with van der Waals surface area (Å²) in [6.45, 7) is 0. The SMILES string of the molecule is c1ccc(C2(c3ccc(-c4ccc5c(ccc6ccccc65)c4)cc3)c3c(c4ccccc4c4ccccc34)Oc3c2c2ccccc2c2ccccc32)cc1. The van der Waals surface area contributed by atoms with E-state index in [0.717, 1.165) is 22.3 Å². The van der Waals surface area contributed by atoms with Gasteiger partial charge in [0.05, 0.1) is 5.41 Å². The molecule has 260 valence electrons. The minimum Gasteiger partial charge on any atom is -0.455 e. The number of rotatable bonds is 3. The molecule has 56 heavy (non-hydrogen) atoms. The van der Waals surface area contributed by atoms with Crippen LogP contribution in [-0.2, 0) is 5.41 Å². The van der Waals surface area contributed by atoms with Crippen molar-refractivity contribution in [1.82, 2.24) is 0 Å². The van der Waals surface area contributed by atoms with Crippen LogP contribution in [0.25, 0.3) is 75.8 Å². The van der Waals surface area contributed by atoms with E-state index >= 15 is 0 Å². The van der Waals surface area contributed by atoms with Crippen LogP contribution in [-0.4, -0.2) is 0 Å². The quantitative estimate of drug-likeness (QED) is 0.166. The zero-order chi connectivity index (χ0) is 36.8. The Bertz CT molecular complexity index is 3250. The molecule has 0 N–H and O–H groups in total. The first-order valence-corrected chi connectivity index (χ1v) is 19.4. The molecule has 0 aromatic heterocycles. The highest BCUT2D eigenvalue weighted by Gasteiger charge is 2.49. The summed E-state index contributed by atoms with van der Waals surface area (Å²) in [6.07, 6.45) is 0. The fraction of sp³-hybridized carbons (Fsp3) is 0.0182. The van der Waals surface area contributed by atoms with E-state index in [1.807, 2.05) is 0 Å². The Morgan fingerprint density at radius 3 is 1.27 bits per heavy atom. The highest BCUT2D eigenvalue weighted by Crippen LogP contribution is 2.62. The molecule has 1 aliphatic heterocycles. The van der Waals surface area contributed by atoms with Crippen LogP contribution in [0.4, 0.5) is 0 Å². The van der Waals surface area contributed by atoms with Crippen LogP contribution >= 0.6 is 0 Å². The predicted octanol–water partition coefficient (Wildman–Crippen LogP) is 14.8. The van der Waals surface area contributed by atoms with Crippen molar-refractivity contribution in [2.45, 2.75) is 5.41 Å². The van der Waals surface area contributed by atoms with Crippen molar-refractivity contribution in [2.75, 3.05) is 0 Å². The molecule has 0 amide bonds. The molecule has 1 aliphatic rings. The molecular weight excluding hydrogens is 677 g/mol. The molecule has 1 nitrogen and oxygen atoms in total. The maximum Gasteiger partial charge on any atom is 0.140 e. The number of ether oxygens (including phenoxy) is 1. The summed E-state index contributed by atoms with van der Waals surface area (Å²) in [5.74, 6) is 1.84. The summed E-state index contributed by atoms with van der Waals surface area (Å²) in [6, 6.07) is 75.8. The minimum atomic E-state index is -0.738. The van der Waals surface area contributed by atoms with Crippen LogP contribution in [0.1, 0.15) is 22.3 Å². The van der Waals surface area contributed by atoms with Gasteiger partial charge in [-0.3, -0.25) is 0 Å². The van der Waals surface area contributed by atoms with E-state index in [-0.39, 0.29) is 0 Å². The second-order valence-electron chi connectivity index (χ2n) is 15.1. The monoisotopic (exact) mass is 710 g/mol. The molecule has 0 aliphatic carbocycles. The molecule has 12 rings (SSSR count). The second kappa shape index (κ2) is 11.9. The van der Waals surface area contributed by atoms with Crippen LogP contribution in [0.3, 0.4) is 0 Å². The van der Waals surface area contributed by atoms with Crippen LogP contribution in [0.15, 0.2) is 206 Å². The zero-order valence-electron chi connectivity index (χ0n) is 30.5. The van der Waals surface area contributed by atoms with Crippen molar-refractivity contribution in [3.63, 3.8) is 0 Å². The number of hydrogen-bond donors (Lipinski definition) is 0. The molecule has 0 saturated carbocycles. The van der Waals surface area contributed by atoms with Crippen molar-refractivity contribution in [1.29, 1.82) is 0 Å².